The highest BCUT2D eigenvalue weighted by Gasteiger charge is 2.45. The van der Waals surface area contributed by atoms with E-state index in [9.17, 15) is 0 Å². The summed E-state index contributed by atoms with van der Waals surface area (Å²) in [7, 11) is -1.88. The fourth-order valence-electron chi connectivity index (χ4n) is 5.51. The van der Waals surface area contributed by atoms with Crippen LogP contribution < -0.4 is 20.7 Å². The lowest BCUT2D eigenvalue weighted by molar-refractivity contribution is 0.304. The first-order valence-electron chi connectivity index (χ1n) is 15.1. The summed E-state index contributed by atoms with van der Waals surface area (Å²) >= 11 is 0. The summed E-state index contributed by atoms with van der Waals surface area (Å²) in [6.07, 6.45) is 14.5. The van der Waals surface area contributed by atoms with Gasteiger partial charge in [-0.15, -0.1) is 0 Å². The van der Waals surface area contributed by atoms with Gasteiger partial charge in [0.1, 0.15) is 28.9 Å². The minimum Gasteiger partial charge on any atom is -0.494 e. The van der Waals surface area contributed by atoms with E-state index in [1.54, 1.807) is 0 Å². The van der Waals surface area contributed by atoms with Crippen molar-refractivity contribution >= 4 is 23.2 Å². The lowest BCUT2D eigenvalue weighted by atomic mass is 10.1. The molecule has 2 heteroatoms. The molecule has 0 unspecified atom stereocenters. The van der Waals surface area contributed by atoms with E-state index < -0.39 is 7.26 Å². The maximum absolute atomic E-state index is 6.13. The average Bonchev–Trinajstić information content (AvgIpc) is 3.01. The molecule has 39 heavy (non-hydrogen) atoms. The molecule has 204 valence electrons. The number of benzene rings is 4. The summed E-state index contributed by atoms with van der Waals surface area (Å²) in [5.41, 5.74) is 1.35. The average molecular weight is 538 g/mol. The Morgan fingerprint density at radius 1 is 0.462 bits per heavy atom. The molecule has 0 N–H and O–H groups in total. The molecule has 0 saturated heterocycles. The lowest BCUT2D eigenvalue weighted by Crippen LogP contribution is -2.32. The Balaban J connectivity index is 1.38. The van der Waals surface area contributed by atoms with Crippen LogP contribution in [0.3, 0.4) is 0 Å². The zero-order valence-corrected chi connectivity index (χ0v) is 24.7. The number of ether oxygens (including phenoxy) is 1. The van der Waals surface area contributed by atoms with Gasteiger partial charge in [0.25, 0.3) is 0 Å². The van der Waals surface area contributed by atoms with Gasteiger partial charge in [-0.25, -0.2) is 0 Å². The Bertz CT molecular complexity index is 1080. The molecule has 0 atom stereocenters. The first-order chi connectivity index (χ1) is 19.3. The molecule has 0 fully saturated rings. The predicted molar refractivity (Wildman–Crippen MR) is 173 cm³/mol. The highest BCUT2D eigenvalue weighted by molar-refractivity contribution is 7.95. The SMILES string of the molecule is CCCCCCCCCCCCOc1ccc(C[P+](c2ccccc2)(c2ccccc2)c2ccccc2)cc1. The monoisotopic (exact) mass is 537 g/mol. The van der Waals surface area contributed by atoms with Crippen molar-refractivity contribution in [2.75, 3.05) is 6.61 Å². The van der Waals surface area contributed by atoms with Crippen LogP contribution in [0.2, 0.25) is 0 Å². The molecular formula is C37H46OP+. The van der Waals surface area contributed by atoms with E-state index in [1.165, 1.54) is 79.3 Å². The molecule has 0 bridgehead atoms. The molecule has 0 saturated carbocycles. The highest BCUT2D eigenvalue weighted by Crippen LogP contribution is 2.58. The molecule has 4 aromatic carbocycles. The van der Waals surface area contributed by atoms with Gasteiger partial charge in [-0.05, 0) is 60.5 Å². The Morgan fingerprint density at radius 3 is 1.31 bits per heavy atom. The first-order valence-corrected chi connectivity index (χ1v) is 17.1. The van der Waals surface area contributed by atoms with Gasteiger partial charge in [0, 0.05) is 0 Å². The van der Waals surface area contributed by atoms with Gasteiger partial charge in [-0.2, -0.15) is 0 Å². The summed E-state index contributed by atoms with van der Waals surface area (Å²) in [6, 6.07) is 42.2. The van der Waals surface area contributed by atoms with Crippen molar-refractivity contribution in [1.29, 1.82) is 0 Å². The molecule has 4 aromatic rings. The third-order valence-electron chi connectivity index (χ3n) is 7.70. The molecular weight excluding hydrogens is 491 g/mol. The van der Waals surface area contributed by atoms with Crippen LogP contribution in [-0.4, -0.2) is 6.61 Å². The molecule has 0 aliphatic carbocycles. The summed E-state index contributed by atoms with van der Waals surface area (Å²) in [5.74, 6) is 0.984. The second-order valence-electron chi connectivity index (χ2n) is 10.6. The normalized spacial score (nSPS) is 11.4. The molecule has 0 heterocycles. The third kappa shape index (κ3) is 8.55. The predicted octanol–water partition coefficient (Wildman–Crippen LogP) is 9.48. The Hall–Kier alpha value is -2.89. The van der Waals surface area contributed by atoms with Crippen LogP contribution in [-0.2, 0) is 6.16 Å². The van der Waals surface area contributed by atoms with Crippen molar-refractivity contribution in [3.63, 3.8) is 0 Å². The summed E-state index contributed by atoms with van der Waals surface area (Å²) < 4.78 is 6.13. The summed E-state index contributed by atoms with van der Waals surface area (Å²) in [4.78, 5) is 0. The van der Waals surface area contributed by atoms with Gasteiger partial charge in [0.2, 0.25) is 0 Å². The Kier molecular flexibility index (Phi) is 12.1. The first kappa shape index (κ1) is 29.1. The smallest absolute Gasteiger partial charge is 0.119 e. The fraction of sp³-hybridized carbons (Fsp3) is 0.351. The summed E-state index contributed by atoms with van der Waals surface area (Å²) in [5, 5.41) is 4.26. The van der Waals surface area contributed by atoms with Crippen LogP contribution in [0.5, 0.6) is 5.75 Å². The molecule has 0 spiro atoms. The minimum absolute atomic E-state index is 0.810. The summed E-state index contributed by atoms with van der Waals surface area (Å²) in [6.45, 7) is 3.09. The van der Waals surface area contributed by atoms with E-state index in [4.69, 9.17) is 4.74 Å². The van der Waals surface area contributed by atoms with Gasteiger partial charge in [-0.3, -0.25) is 0 Å². The zero-order chi connectivity index (χ0) is 27.0. The van der Waals surface area contributed by atoms with E-state index in [0.29, 0.717) is 0 Å². The highest BCUT2D eigenvalue weighted by atomic mass is 31.2. The van der Waals surface area contributed by atoms with E-state index in [-0.39, 0.29) is 0 Å². The van der Waals surface area contributed by atoms with Gasteiger partial charge in [0.05, 0.1) is 12.8 Å². The van der Waals surface area contributed by atoms with E-state index in [2.05, 4.69) is 122 Å². The van der Waals surface area contributed by atoms with Crippen LogP contribution >= 0.6 is 7.26 Å². The molecule has 0 aromatic heterocycles. The van der Waals surface area contributed by atoms with Gasteiger partial charge >= 0.3 is 0 Å². The molecule has 1 nitrogen and oxygen atoms in total. The second kappa shape index (κ2) is 16.3. The molecule has 0 aliphatic rings. The molecule has 0 aliphatic heterocycles. The maximum atomic E-state index is 6.13. The van der Waals surface area contributed by atoms with E-state index >= 15 is 0 Å². The largest absolute Gasteiger partial charge is 0.494 e. The van der Waals surface area contributed by atoms with Crippen molar-refractivity contribution in [3.05, 3.63) is 121 Å². The zero-order valence-electron chi connectivity index (χ0n) is 23.8. The van der Waals surface area contributed by atoms with Crippen LogP contribution in [0, 0.1) is 0 Å². The molecule has 4 rings (SSSR count). The standard InChI is InChI=1S/C37H46OP/c1-2-3-4-5-6-7-8-9-10-20-31-38-34-29-27-33(28-30-34)32-39(35-21-14-11-15-22-35,36-23-16-12-17-24-36)37-25-18-13-19-26-37/h11-19,21-30H,2-10,20,31-32H2,1H3/q+1. The van der Waals surface area contributed by atoms with Crippen molar-refractivity contribution in [3.8, 4) is 5.75 Å². The Morgan fingerprint density at radius 2 is 0.872 bits per heavy atom. The minimum atomic E-state index is -1.88. The maximum Gasteiger partial charge on any atom is 0.119 e. The number of rotatable bonds is 17. The van der Waals surface area contributed by atoms with Crippen molar-refractivity contribution in [1.82, 2.24) is 0 Å². The second-order valence-corrected chi connectivity index (χ2v) is 14.1. The van der Waals surface area contributed by atoms with Crippen molar-refractivity contribution < 1.29 is 4.74 Å². The molecule has 0 amide bonds. The Labute approximate surface area is 238 Å². The quantitative estimate of drug-likeness (QED) is 0.0963. The van der Waals surface area contributed by atoms with Crippen molar-refractivity contribution in [2.24, 2.45) is 0 Å². The van der Waals surface area contributed by atoms with Gasteiger partial charge in [0.15, 0.2) is 0 Å². The van der Waals surface area contributed by atoms with E-state index in [0.717, 1.165) is 24.9 Å². The fourth-order valence-corrected chi connectivity index (χ4v) is 9.76. The van der Waals surface area contributed by atoms with Crippen LogP contribution in [0.1, 0.15) is 76.7 Å². The van der Waals surface area contributed by atoms with Crippen LogP contribution in [0.25, 0.3) is 0 Å². The third-order valence-corrected chi connectivity index (χ3v) is 12.1. The number of unbranched alkanes of at least 4 members (excludes halogenated alkanes) is 9. The number of hydrogen-bond acceptors (Lipinski definition) is 1. The van der Waals surface area contributed by atoms with Gasteiger partial charge < -0.3 is 4.74 Å². The van der Waals surface area contributed by atoms with Gasteiger partial charge in [-0.1, -0.05) is 131 Å². The van der Waals surface area contributed by atoms with Crippen LogP contribution in [0.15, 0.2) is 115 Å². The van der Waals surface area contributed by atoms with E-state index in [1.807, 2.05) is 0 Å². The topological polar surface area (TPSA) is 9.23 Å². The number of hydrogen-bond donors (Lipinski definition) is 0. The van der Waals surface area contributed by atoms with Crippen molar-refractivity contribution in [2.45, 2.75) is 77.3 Å². The molecule has 0 radical (unpaired) electrons. The van der Waals surface area contributed by atoms with Crippen LogP contribution in [0.4, 0.5) is 0 Å². The lowest BCUT2D eigenvalue weighted by Gasteiger charge is -2.28.